The summed E-state index contributed by atoms with van der Waals surface area (Å²) in [5.41, 5.74) is -5.18. The van der Waals surface area contributed by atoms with E-state index in [1.165, 1.54) is 17.0 Å². The molecule has 1 N–H and O–H groups in total. The van der Waals surface area contributed by atoms with Crippen molar-refractivity contribution in [1.29, 1.82) is 0 Å². The molecule has 128 valence electrons. The van der Waals surface area contributed by atoms with Gasteiger partial charge < -0.3 is 14.2 Å². The minimum atomic E-state index is -5.74. The molecule has 1 amide bonds. The van der Waals surface area contributed by atoms with Crippen molar-refractivity contribution in [2.75, 3.05) is 13.1 Å². The van der Waals surface area contributed by atoms with Crippen LogP contribution in [0.5, 0.6) is 5.75 Å². The molecule has 0 saturated carbocycles. The molecule has 1 saturated heterocycles. The Morgan fingerprint density at radius 3 is 2.30 bits per heavy atom. The van der Waals surface area contributed by atoms with E-state index in [-0.39, 0.29) is 24.8 Å². The number of benzene rings is 1. The highest BCUT2D eigenvalue weighted by Gasteiger charge is 2.49. The SMILES string of the molecule is O=C(O)N1CCC(c2ccccc2OS(=O)(=O)C(F)(F)F)CC1. The Morgan fingerprint density at radius 2 is 1.78 bits per heavy atom. The number of likely N-dealkylation sites (tertiary alicyclic amines) is 1. The Hall–Kier alpha value is -1.97. The van der Waals surface area contributed by atoms with E-state index in [2.05, 4.69) is 4.18 Å². The lowest BCUT2D eigenvalue weighted by atomic mass is 9.89. The van der Waals surface area contributed by atoms with Crippen LogP contribution in [0.1, 0.15) is 24.3 Å². The fourth-order valence-corrected chi connectivity index (χ4v) is 2.92. The molecule has 10 heteroatoms. The van der Waals surface area contributed by atoms with E-state index >= 15 is 0 Å². The molecule has 0 spiro atoms. The largest absolute Gasteiger partial charge is 0.534 e. The van der Waals surface area contributed by atoms with Gasteiger partial charge in [-0.3, -0.25) is 0 Å². The Labute approximate surface area is 130 Å². The molecule has 0 aliphatic carbocycles. The van der Waals surface area contributed by atoms with Crippen molar-refractivity contribution in [3.8, 4) is 5.75 Å². The number of piperidine rings is 1. The summed E-state index contributed by atoms with van der Waals surface area (Å²) in [7, 11) is -5.74. The van der Waals surface area contributed by atoms with Gasteiger partial charge in [0.2, 0.25) is 0 Å². The molecule has 1 aromatic carbocycles. The second-order valence-corrected chi connectivity index (χ2v) is 6.60. The second-order valence-electron chi connectivity index (χ2n) is 5.06. The van der Waals surface area contributed by atoms with Crippen molar-refractivity contribution < 1.29 is 35.7 Å². The fraction of sp³-hybridized carbons (Fsp3) is 0.462. The van der Waals surface area contributed by atoms with Crippen molar-refractivity contribution in [1.82, 2.24) is 4.90 Å². The van der Waals surface area contributed by atoms with Gasteiger partial charge in [0.25, 0.3) is 0 Å². The lowest BCUT2D eigenvalue weighted by Gasteiger charge is -2.30. The zero-order valence-corrected chi connectivity index (χ0v) is 12.6. The highest BCUT2D eigenvalue weighted by atomic mass is 32.2. The van der Waals surface area contributed by atoms with Gasteiger partial charge in [0, 0.05) is 13.1 Å². The third kappa shape index (κ3) is 3.87. The van der Waals surface area contributed by atoms with Gasteiger partial charge >= 0.3 is 21.7 Å². The molecule has 1 fully saturated rings. The molecule has 0 bridgehead atoms. The number of rotatable bonds is 3. The van der Waals surface area contributed by atoms with Gasteiger partial charge in [-0.1, -0.05) is 18.2 Å². The number of hydrogen-bond acceptors (Lipinski definition) is 4. The maximum atomic E-state index is 12.4. The summed E-state index contributed by atoms with van der Waals surface area (Å²) < 4.78 is 63.9. The van der Waals surface area contributed by atoms with E-state index < -0.39 is 21.7 Å². The third-order valence-electron chi connectivity index (χ3n) is 3.61. The Morgan fingerprint density at radius 1 is 1.22 bits per heavy atom. The highest BCUT2D eigenvalue weighted by molar-refractivity contribution is 7.88. The first-order valence-corrected chi connectivity index (χ1v) is 8.10. The molecule has 1 aliphatic heterocycles. The molecule has 0 unspecified atom stereocenters. The van der Waals surface area contributed by atoms with Crippen LogP contribution in [-0.4, -0.2) is 43.1 Å². The Bertz CT molecular complexity index is 681. The number of halogens is 3. The van der Waals surface area contributed by atoms with E-state index in [0.29, 0.717) is 18.4 Å². The van der Waals surface area contributed by atoms with Crippen molar-refractivity contribution >= 4 is 16.2 Å². The number of hydrogen-bond donors (Lipinski definition) is 1. The van der Waals surface area contributed by atoms with Crippen LogP contribution < -0.4 is 4.18 Å². The van der Waals surface area contributed by atoms with E-state index in [4.69, 9.17) is 5.11 Å². The number of carbonyl (C=O) groups is 1. The zero-order chi connectivity index (χ0) is 17.3. The molecular weight excluding hydrogens is 339 g/mol. The van der Waals surface area contributed by atoms with Crippen molar-refractivity contribution in [3.05, 3.63) is 29.8 Å². The number of para-hydroxylation sites is 1. The van der Waals surface area contributed by atoms with E-state index in [1.807, 2.05) is 0 Å². The lowest BCUT2D eigenvalue weighted by Crippen LogP contribution is -2.37. The molecule has 0 aromatic heterocycles. The minimum absolute atomic E-state index is 0.223. The summed E-state index contributed by atoms with van der Waals surface area (Å²) in [5.74, 6) is -0.649. The van der Waals surface area contributed by atoms with Crippen LogP contribution in [-0.2, 0) is 10.1 Å². The lowest BCUT2D eigenvalue weighted by molar-refractivity contribution is -0.0500. The predicted octanol–water partition coefficient (Wildman–Crippen LogP) is 2.77. The second kappa shape index (κ2) is 6.26. The number of nitrogens with zero attached hydrogens (tertiary/aromatic N) is 1. The average Bonchev–Trinajstić information content (AvgIpc) is 2.46. The quantitative estimate of drug-likeness (QED) is 0.667. The highest BCUT2D eigenvalue weighted by Crippen LogP contribution is 2.36. The maximum absolute atomic E-state index is 12.4. The minimum Gasteiger partial charge on any atom is -0.465 e. The van der Waals surface area contributed by atoms with Gasteiger partial charge in [0.05, 0.1) is 0 Å². The Kier molecular flexibility index (Phi) is 4.73. The standard InChI is InChI=1S/C13H14F3NO5S/c14-13(15,16)23(20,21)22-11-4-2-1-3-10(11)9-5-7-17(8-6-9)12(18)19/h1-4,9H,5-8H2,(H,18,19). The fourth-order valence-electron chi connectivity index (χ4n) is 2.44. The van der Waals surface area contributed by atoms with Crippen molar-refractivity contribution in [2.45, 2.75) is 24.3 Å². The number of carboxylic acid groups (broad SMARTS) is 1. The number of amides is 1. The maximum Gasteiger partial charge on any atom is 0.534 e. The van der Waals surface area contributed by atoms with E-state index in [9.17, 15) is 26.4 Å². The van der Waals surface area contributed by atoms with Crippen LogP contribution in [0.25, 0.3) is 0 Å². The molecule has 1 aliphatic rings. The zero-order valence-electron chi connectivity index (χ0n) is 11.8. The van der Waals surface area contributed by atoms with Gasteiger partial charge in [0.15, 0.2) is 0 Å². The van der Waals surface area contributed by atoms with Crippen LogP contribution in [0.4, 0.5) is 18.0 Å². The van der Waals surface area contributed by atoms with Crippen LogP contribution in [0.3, 0.4) is 0 Å². The van der Waals surface area contributed by atoms with Gasteiger partial charge in [-0.25, -0.2) is 4.79 Å². The molecule has 0 atom stereocenters. The third-order valence-corrected chi connectivity index (χ3v) is 4.57. The summed E-state index contributed by atoms with van der Waals surface area (Å²) in [6, 6.07) is 5.58. The molecule has 1 aromatic rings. The predicted molar refractivity (Wildman–Crippen MR) is 73.6 cm³/mol. The topological polar surface area (TPSA) is 83.9 Å². The summed E-state index contributed by atoms with van der Waals surface area (Å²) in [6.45, 7) is 0.445. The van der Waals surface area contributed by atoms with Crippen LogP contribution in [0.2, 0.25) is 0 Å². The molecule has 6 nitrogen and oxygen atoms in total. The summed E-state index contributed by atoms with van der Waals surface area (Å²) in [5, 5.41) is 8.89. The van der Waals surface area contributed by atoms with Crippen molar-refractivity contribution in [2.24, 2.45) is 0 Å². The number of alkyl halides is 3. The molecule has 2 rings (SSSR count). The molecule has 0 radical (unpaired) electrons. The molecule has 1 heterocycles. The van der Waals surface area contributed by atoms with E-state index in [1.54, 1.807) is 6.07 Å². The van der Waals surface area contributed by atoms with Crippen LogP contribution >= 0.6 is 0 Å². The van der Waals surface area contributed by atoms with E-state index in [0.717, 1.165) is 6.07 Å². The van der Waals surface area contributed by atoms with Crippen molar-refractivity contribution in [3.63, 3.8) is 0 Å². The first-order chi connectivity index (χ1) is 10.6. The summed E-state index contributed by atoms with van der Waals surface area (Å²) >= 11 is 0. The monoisotopic (exact) mass is 353 g/mol. The Balaban J connectivity index is 2.21. The smallest absolute Gasteiger partial charge is 0.465 e. The normalized spacial score (nSPS) is 17.1. The molecule has 23 heavy (non-hydrogen) atoms. The summed E-state index contributed by atoms with van der Waals surface area (Å²) in [6.07, 6.45) is -0.315. The van der Waals surface area contributed by atoms with Gasteiger partial charge in [-0.2, -0.15) is 21.6 Å². The molecular formula is C13H14F3NO5S. The van der Waals surface area contributed by atoms with Gasteiger partial charge in [-0.05, 0) is 30.4 Å². The average molecular weight is 353 g/mol. The van der Waals surface area contributed by atoms with Crippen LogP contribution in [0, 0.1) is 0 Å². The summed E-state index contributed by atoms with van der Waals surface area (Å²) in [4.78, 5) is 12.1. The van der Waals surface area contributed by atoms with Crippen LogP contribution in [0.15, 0.2) is 24.3 Å². The first kappa shape index (κ1) is 17.4. The first-order valence-electron chi connectivity index (χ1n) is 6.69. The van der Waals surface area contributed by atoms with Gasteiger partial charge in [-0.15, -0.1) is 0 Å². The van der Waals surface area contributed by atoms with Gasteiger partial charge in [0.1, 0.15) is 5.75 Å².